The van der Waals surface area contributed by atoms with E-state index in [1.165, 1.54) is 18.6 Å². The van der Waals surface area contributed by atoms with E-state index in [-0.39, 0.29) is 23.9 Å². The van der Waals surface area contributed by atoms with E-state index in [4.69, 9.17) is 5.26 Å². The molecular formula is C15H13N5O2. The number of benzene rings is 1. The Labute approximate surface area is 127 Å². The van der Waals surface area contributed by atoms with Gasteiger partial charge in [-0.15, -0.1) is 0 Å². The first-order valence-electron chi connectivity index (χ1n) is 6.49. The smallest absolute Gasteiger partial charge is 0.275 e. The van der Waals surface area contributed by atoms with Gasteiger partial charge in [0.1, 0.15) is 12.1 Å². The zero-order chi connectivity index (χ0) is 15.8. The van der Waals surface area contributed by atoms with Gasteiger partial charge in [-0.25, -0.2) is 4.98 Å². The van der Waals surface area contributed by atoms with E-state index in [9.17, 15) is 9.59 Å². The van der Waals surface area contributed by atoms with Gasteiger partial charge in [-0.05, 0) is 17.7 Å². The molecule has 2 aromatic rings. The van der Waals surface area contributed by atoms with Crippen molar-refractivity contribution in [3.05, 3.63) is 54.1 Å². The van der Waals surface area contributed by atoms with Crippen LogP contribution in [-0.2, 0) is 11.3 Å². The molecule has 0 aliphatic heterocycles. The molecule has 0 fully saturated rings. The monoisotopic (exact) mass is 295 g/mol. The molecule has 0 aliphatic rings. The first kappa shape index (κ1) is 15.1. The van der Waals surface area contributed by atoms with Crippen LogP contribution in [0.15, 0.2) is 42.9 Å². The molecule has 22 heavy (non-hydrogen) atoms. The van der Waals surface area contributed by atoms with Crippen LogP contribution in [0, 0.1) is 11.3 Å². The summed E-state index contributed by atoms with van der Waals surface area (Å²) in [5.74, 6) is -0.661. The average Bonchev–Trinajstić information content (AvgIpc) is 2.55. The molecule has 2 amide bonds. The average molecular weight is 295 g/mol. The molecule has 0 spiro atoms. The summed E-state index contributed by atoms with van der Waals surface area (Å²) in [7, 11) is 0. The molecule has 1 heterocycles. The lowest BCUT2D eigenvalue weighted by Gasteiger charge is -2.06. The van der Waals surface area contributed by atoms with Crippen LogP contribution in [0.5, 0.6) is 0 Å². The van der Waals surface area contributed by atoms with Crippen molar-refractivity contribution < 1.29 is 9.59 Å². The number of anilines is 1. The first-order valence-corrected chi connectivity index (χ1v) is 6.49. The Kier molecular flexibility index (Phi) is 5.15. The summed E-state index contributed by atoms with van der Waals surface area (Å²) in [4.78, 5) is 30.8. The van der Waals surface area contributed by atoms with E-state index >= 15 is 0 Å². The van der Waals surface area contributed by atoms with Crippen LogP contribution < -0.4 is 10.6 Å². The number of carbonyl (C=O) groups is 2. The molecule has 1 aromatic heterocycles. The molecular weight excluding hydrogens is 282 g/mol. The van der Waals surface area contributed by atoms with Crippen molar-refractivity contribution in [1.29, 1.82) is 5.26 Å². The van der Waals surface area contributed by atoms with Gasteiger partial charge in [-0.2, -0.15) is 5.26 Å². The molecule has 0 unspecified atom stereocenters. The van der Waals surface area contributed by atoms with Gasteiger partial charge < -0.3 is 10.6 Å². The maximum absolute atomic E-state index is 11.9. The molecule has 7 nitrogen and oxygen atoms in total. The Morgan fingerprint density at radius 1 is 1.18 bits per heavy atom. The number of nitrogens with one attached hydrogen (secondary N) is 2. The van der Waals surface area contributed by atoms with Gasteiger partial charge in [0.2, 0.25) is 5.91 Å². The zero-order valence-corrected chi connectivity index (χ0v) is 11.6. The van der Waals surface area contributed by atoms with Gasteiger partial charge >= 0.3 is 0 Å². The van der Waals surface area contributed by atoms with Crippen molar-refractivity contribution >= 4 is 17.5 Å². The highest BCUT2D eigenvalue weighted by molar-refractivity contribution is 6.02. The highest BCUT2D eigenvalue weighted by Crippen LogP contribution is 2.10. The van der Waals surface area contributed by atoms with Gasteiger partial charge in [0.25, 0.3) is 5.91 Å². The number of aromatic nitrogens is 2. The lowest BCUT2D eigenvalue weighted by Crippen LogP contribution is -2.21. The highest BCUT2D eigenvalue weighted by atomic mass is 16.2. The van der Waals surface area contributed by atoms with Crippen molar-refractivity contribution in [3.8, 4) is 6.07 Å². The largest absolute Gasteiger partial charge is 0.351 e. The first-order chi connectivity index (χ1) is 10.7. The predicted molar refractivity (Wildman–Crippen MR) is 78.5 cm³/mol. The Hall–Kier alpha value is -3.27. The Bertz CT molecular complexity index is 692. The topological polar surface area (TPSA) is 108 Å². The van der Waals surface area contributed by atoms with E-state index in [2.05, 4.69) is 20.6 Å². The van der Waals surface area contributed by atoms with Gasteiger partial charge in [0.05, 0.1) is 12.3 Å². The number of carbonyl (C=O) groups excluding carboxylic acids is 2. The summed E-state index contributed by atoms with van der Waals surface area (Å²) in [5, 5.41) is 13.7. The zero-order valence-electron chi connectivity index (χ0n) is 11.6. The minimum absolute atomic E-state index is 0.160. The lowest BCUT2D eigenvalue weighted by molar-refractivity contribution is -0.120. The standard InChI is InChI=1S/C15H13N5O2/c16-6-5-14(21)19-9-11-1-3-12(4-2-11)20-15(22)13-10-17-7-8-18-13/h1-4,7-8,10H,5,9H2,(H,19,21)(H,20,22). The molecule has 0 radical (unpaired) electrons. The highest BCUT2D eigenvalue weighted by Gasteiger charge is 2.07. The van der Waals surface area contributed by atoms with Crippen molar-refractivity contribution in [2.75, 3.05) is 5.32 Å². The molecule has 1 aromatic carbocycles. The third kappa shape index (κ3) is 4.38. The molecule has 7 heteroatoms. The molecule has 110 valence electrons. The fourth-order valence-electron chi connectivity index (χ4n) is 1.65. The summed E-state index contributed by atoms with van der Waals surface area (Å²) in [6.07, 6.45) is 4.16. The molecule has 2 rings (SSSR count). The molecule has 2 N–H and O–H groups in total. The second kappa shape index (κ2) is 7.50. The van der Waals surface area contributed by atoms with E-state index in [1.807, 2.05) is 0 Å². The third-order valence-electron chi connectivity index (χ3n) is 2.74. The number of hydrogen-bond donors (Lipinski definition) is 2. The van der Waals surface area contributed by atoms with Crippen LogP contribution in [0.25, 0.3) is 0 Å². The van der Waals surface area contributed by atoms with Crippen LogP contribution in [0.2, 0.25) is 0 Å². The summed E-state index contributed by atoms with van der Waals surface area (Å²) < 4.78 is 0. The SMILES string of the molecule is N#CCC(=O)NCc1ccc(NC(=O)c2cnccn2)cc1. The Morgan fingerprint density at radius 3 is 2.59 bits per heavy atom. The lowest BCUT2D eigenvalue weighted by atomic mass is 10.2. The Morgan fingerprint density at radius 2 is 1.95 bits per heavy atom. The van der Waals surface area contributed by atoms with Gasteiger partial charge in [-0.3, -0.25) is 14.6 Å². The molecule has 0 saturated carbocycles. The molecule has 0 bridgehead atoms. The number of nitriles is 1. The van der Waals surface area contributed by atoms with Crippen molar-refractivity contribution in [3.63, 3.8) is 0 Å². The predicted octanol–water partition coefficient (Wildman–Crippen LogP) is 1.26. The summed E-state index contributed by atoms with van der Waals surface area (Å²) >= 11 is 0. The fraction of sp³-hybridized carbons (Fsp3) is 0.133. The summed E-state index contributed by atoms with van der Waals surface area (Å²) in [5.41, 5.74) is 1.71. The summed E-state index contributed by atoms with van der Waals surface area (Å²) in [6.45, 7) is 0.332. The third-order valence-corrected chi connectivity index (χ3v) is 2.74. The van der Waals surface area contributed by atoms with Gasteiger partial charge in [-0.1, -0.05) is 12.1 Å². The number of amides is 2. The van der Waals surface area contributed by atoms with Crippen LogP contribution in [0.4, 0.5) is 5.69 Å². The molecule has 0 aliphatic carbocycles. The van der Waals surface area contributed by atoms with Crippen molar-refractivity contribution in [2.24, 2.45) is 0 Å². The van der Waals surface area contributed by atoms with E-state index < -0.39 is 0 Å². The fourth-order valence-corrected chi connectivity index (χ4v) is 1.65. The quantitative estimate of drug-likeness (QED) is 0.863. The minimum Gasteiger partial charge on any atom is -0.351 e. The van der Waals surface area contributed by atoms with E-state index in [0.717, 1.165) is 5.56 Å². The van der Waals surface area contributed by atoms with Crippen LogP contribution in [0.1, 0.15) is 22.5 Å². The minimum atomic E-state index is -0.344. The maximum atomic E-state index is 11.9. The van der Waals surface area contributed by atoms with E-state index in [1.54, 1.807) is 30.3 Å². The molecule has 0 atom stereocenters. The maximum Gasteiger partial charge on any atom is 0.275 e. The molecule has 0 saturated heterocycles. The van der Waals surface area contributed by atoms with Crippen molar-refractivity contribution in [2.45, 2.75) is 13.0 Å². The second-order valence-corrected chi connectivity index (χ2v) is 4.35. The normalized spacial score (nSPS) is 9.59. The summed E-state index contributed by atoms with van der Waals surface area (Å²) in [6, 6.07) is 8.78. The number of nitrogens with zero attached hydrogens (tertiary/aromatic N) is 3. The Balaban J connectivity index is 1.91. The van der Waals surface area contributed by atoms with E-state index in [0.29, 0.717) is 12.2 Å². The van der Waals surface area contributed by atoms with Crippen molar-refractivity contribution in [1.82, 2.24) is 15.3 Å². The number of hydrogen-bond acceptors (Lipinski definition) is 5. The van der Waals surface area contributed by atoms with Crippen LogP contribution >= 0.6 is 0 Å². The van der Waals surface area contributed by atoms with Crippen LogP contribution in [0.3, 0.4) is 0 Å². The van der Waals surface area contributed by atoms with Gasteiger partial charge in [0, 0.05) is 24.6 Å². The second-order valence-electron chi connectivity index (χ2n) is 4.35. The van der Waals surface area contributed by atoms with Gasteiger partial charge in [0.15, 0.2) is 0 Å². The number of rotatable bonds is 5. The van der Waals surface area contributed by atoms with Crippen LogP contribution in [-0.4, -0.2) is 21.8 Å².